The molecule has 2 unspecified atom stereocenters. The molecule has 1 aliphatic heterocycles. The highest BCUT2D eigenvalue weighted by molar-refractivity contribution is 6.11. The number of carboxylic acid groups (broad SMARTS) is 1. The van der Waals surface area contributed by atoms with Crippen LogP contribution >= 0.6 is 0 Å². The van der Waals surface area contributed by atoms with Gasteiger partial charge >= 0.3 is 5.97 Å². The summed E-state index contributed by atoms with van der Waals surface area (Å²) in [5, 5.41) is 34.8. The zero-order chi connectivity index (χ0) is 24.8. The summed E-state index contributed by atoms with van der Waals surface area (Å²) in [5.74, 6) is -1.26. The molecule has 0 bridgehead atoms. The SMILES string of the molecule is N#CC(=Cc1ccccc1OCc1ccc(C(=O)O)cc1)C1=NN(c2ccccc2)C(N)C1C#N. The van der Waals surface area contributed by atoms with Crippen LogP contribution in [0.25, 0.3) is 6.08 Å². The average Bonchev–Trinajstić information content (AvgIpc) is 3.23. The second kappa shape index (κ2) is 10.3. The average molecular weight is 463 g/mol. The number of carbonyl (C=O) groups is 1. The molecule has 172 valence electrons. The van der Waals surface area contributed by atoms with Crippen molar-refractivity contribution in [1.82, 2.24) is 0 Å². The molecule has 0 fully saturated rings. The number of para-hydroxylation sites is 2. The van der Waals surface area contributed by atoms with Gasteiger partial charge in [0.25, 0.3) is 0 Å². The molecule has 1 aliphatic rings. The maximum absolute atomic E-state index is 11.0. The van der Waals surface area contributed by atoms with Crippen LogP contribution in [-0.4, -0.2) is 23.0 Å². The quantitative estimate of drug-likeness (QED) is 0.502. The van der Waals surface area contributed by atoms with E-state index in [1.165, 1.54) is 12.1 Å². The summed E-state index contributed by atoms with van der Waals surface area (Å²) in [5.41, 5.74) is 9.17. The van der Waals surface area contributed by atoms with Crippen molar-refractivity contribution >= 4 is 23.4 Å². The summed E-state index contributed by atoms with van der Waals surface area (Å²) in [4.78, 5) is 11.0. The highest BCUT2D eigenvalue weighted by atomic mass is 16.5. The van der Waals surface area contributed by atoms with Crippen LogP contribution < -0.4 is 15.5 Å². The lowest BCUT2D eigenvalue weighted by Gasteiger charge is -2.21. The third-order valence-electron chi connectivity index (χ3n) is 5.50. The summed E-state index contributed by atoms with van der Waals surface area (Å²) in [6.45, 7) is 0.209. The Morgan fingerprint density at radius 3 is 2.40 bits per heavy atom. The first-order chi connectivity index (χ1) is 17.0. The van der Waals surface area contributed by atoms with Gasteiger partial charge in [0.15, 0.2) is 0 Å². The highest BCUT2D eigenvalue weighted by Crippen LogP contribution is 2.30. The Morgan fingerprint density at radius 1 is 1.06 bits per heavy atom. The lowest BCUT2D eigenvalue weighted by atomic mass is 9.95. The highest BCUT2D eigenvalue weighted by Gasteiger charge is 2.37. The van der Waals surface area contributed by atoms with Crippen molar-refractivity contribution in [3.63, 3.8) is 0 Å². The van der Waals surface area contributed by atoms with Gasteiger partial charge in [0.05, 0.1) is 28.6 Å². The van der Waals surface area contributed by atoms with Crippen molar-refractivity contribution in [2.75, 3.05) is 5.01 Å². The van der Waals surface area contributed by atoms with E-state index in [1.54, 1.807) is 35.4 Å². The molecule has 0 amide bonds. The van der Waals surface area contributed by atoms with E-state index in [-0.39, 0.29) is 17.7 Å². The second-order valence-corrected chi connectivity index (χ2v) is 7.76. The predicted octanol–water partition coefficient (Wildman–Crippen LogP) is 4.17. The first-order valence-electron chi connectivity index (χ1n) is 10.8. The van der Waals surface area contributed by atoms with Crippen molar-refractivity contribution < 1.29 is 14.6 Å². The molecule has 0 aliphatic carbocycles. The first kappa shape index (κ1) is 23.2. The van der Waals surface area contributed by atoms with Crippen LogP contribution in [-0.2, 0) is 6.61 Å². The molecular weight excluding hydrogens is 442 g/mol. The number of aromatic carboxylic acids is 1. The first-order valence-corrected chi connectivity index (χ1v) is 10.8. The third kappa shape index (κ3) is 5.03. The Labute approximate surface area is 202 Å². The van der Waals surface area contributed by atoms with Gasteiger partial charge in [0.2, 0.25) is 0 Å². The maximum Gasteiger partial charge on any atom is 0.335 e. The number of hydrogen-bond donors (Lipinski definition) is 2. The number of hydrazone groups is 1. The van der Waals surface area contributed by atoms with Gasteiger partial charge in [-0.05, 0) is 42.0 Å². The topological polar surface area (TPSA) is 136 Å². The molecule has 2 atom stereocenters. The number of nitrogens with two attached hydrogens (primary N) is 1. The lowest BCUT2D eigenvalue weighted by molar-refractivity contribution is 0.0697. The number of anilines is 1. The van der Waals surface area contributed by atoms with Gasteiger partial charge in [-0.2, -0.15) is 15.6 Å². The van der Waals surface area contributed by atoms with Crippen LogP contribution in [0.15, 0.2) is 89.5 Å². The van der Waals surface area contributed by atoms with Gasteiger partial charge in [-0.15, -0.1) is 0 Å². The van der Waals surface area contributed by atoms with Gasteiger partial charge < -0.3 is 15.6 Å². The molecule has 1 heterocycles. The maximum atomic E-state index is 11.0. The predicted molar refractivity (Wildman–Crippen MR) is 131 cm³/mol. The molecule has 0 saturated heterocycles. The smallest absolute Gasteiger partial charge is 0.335 e. The second-order valence-electron chi connectivity index (χ2n) is 7.76. The van der Waals surface area contributed by atoms with Crippen molar-refractivity contribution in [2.45, 2.75) is 12.8 Å². The largest absolute Gasteiger partial charge is 0.488 e. The number of allylic oxidation sites excluding steroid dienone is 1. The van der Waals surface area contributed by atoms with Gasteiger partial charge in [-0.25, -0.2) is 9.80 Å². The molecule has 0 spiro atoms. The molecule has 0 saturated carbocycles. The summed E-state index contributed by atoms with van der Waals surface area (Å²) in [6, 6.07) is 27.2. The molecule has 35 heavy (non-hydrogen) atoms. The summed E-state index contributed by atoms with van der Waals surface area (Å²) >= 11 is 0. The minimum Gasteiger partial charge on any atom is -0.488 e. The molecule has 3 aromatic carbocycles. The summed E-state index contributed by atoms with van der Waals surface area (Å²) in [7, 11) is 0. The van der Waals surface area contributed by atoms with Gasteiger partial charge in [-0.3, -0.25) is 0 Å². The molecule has 3 N–H and O–H groups in total. The minimum atomic E-state index is -0.993. The number of ether oxygens (including phenoxy) is 1. The fourth-order valence-electron chi connectivity index (χ4n) is 3.67. The molecule has 8 nitrogen and oxygen atoms in total. The normalized spacial score (nSPS) is 17.3. The Bertz CT molecular complexity index is 1370. The van der Waals surface area contributed by atoms with E-state index in [9.17, 15) is 15.3 Å². The van der Waals surface area contributed by atoms with E-state index < -0.39 is 18.1 Å². The zero-order valence-electron chi connectivity index (χ0n) is 18.6. The fourth-order valence-corrected chi connectivity index (χ4v) is 3.67. The summed E-state index contributed by atoms with van der Waals surface area (Å²) in [6.07, 6.45) is 0.905. The number of nitrogens with zero attached hydrogens (tertiary/aromatic N) is 4. The minimum absolute atomic E-state index is 0.197. The lowest BCUT2D eigenvalue weighted by Crippen LogP contribution is -2.40. The van der Waals surface area contributed by atoms with Crippen LogP contribution in [0.1, 0.15) is 21.5 Å². The number of benzene rings is 3. The van der Waals surface area contributed by atoms with Crippen LogP contribution in [0.3, 0.4) is 0 Å². The Morgan fingerprint density at radius 2 is 1.74 bits per heavy atom. The van der Waals surface area contributed by atoms with E-state index in [4.69, 9.17) is 15.6 Å². The fraction of sp³-hybridized carbons (Fsp3) is 0.111. The van der Waals surface area contributed by atoms with Gasteiger partial charge in [0, 0.05) is 5.56 Å². The number of rotatable bonds is 7. The van der Waals surface area contributed by atoms with E-state index in [0.717, 1.165) is 11.3 Å². The van der Waals surface area contributed by atoms with Crippen molar-refractivity contribution in [2.24, 2.45) is 16.8 Å². The molecule has 4 rings (SSSR count). The molecule has 0 aromatic heterocycles. The van der Waals surface area contributed by atoms with Gasteiger partial charge in [-0.1, -0.05) is 48.5 Å². The molecule has 8 heteroatoms. The van der Waals surface area contributed by atoms with E-state index in [0.29, 0.717) is 17.0 Å². The number of nitriles is 2. The number of carboxylic acids is 1. The third-order valence-corrected chi connectivity index (χ3v) is 5.50. The molecular formula is C27H21N5O3. The van der Waals surface area contributed by atoms with Crippen molar-refractivity contribution in [3.8, 4) is 17.9 Å². The van der Waals surface area contributed by atoms with Crippen molar-refractivity contribution in [1.29, 1.82) is 10.5 Å². The zero-order valence-corrected chi connectivity index (χ0v) is 18.6. The van der Waals surface area contributed by atoms with E-state index >= 15 is 0 Å². The number of hydrogen-bond acceptors (Lipinski definition) is 7. The van der Waals surface area contributed by atoms with E-state index in [1.807, 2.05) is 42.5 Å². The standard InChI is InChI=1S/C27H21N5O3/c28-15-21(25-23(16-29)26(30)32(31-25)22-7-2-1-3-8-22)14-20-6-4-5-9-24(20)35-17-18-10-12-19(13-11-18)27(33)34/h1-14,23,26H,17,30H2,(H,33,34). The Balaban J connectivity index is 1.61. The van der Waals surface area contributed by atoms with Crippen LogP contribution in [0.5, 0.6) is 5.75 Å². The van der Waals surface area contributed by atoms with Gasteiger partial charge in [0.1, 0.15) is 30.5 Å². The van der Waals surface area contributed by atoms with Crippen molar-refractivity contribution in [3.05, 3.63) is 101 Å². The molecule has 0 radical (unpaired) electrons. The van der Waals surface area contributed by atoms with Crippen LogP contribution in [0.2, 0.25) is 0 Å². The van der Waals surface area contributed by atoms with Crippen LogP contribution in [0.4, 0.5) is 5.69 Å². The summed E-state index contributed by atoms with van der Waals surface area (Å²) < 4.78 is 5.95. The Hall–Kier alpha value is -4.92. The van der Waals surface area contributed by atoms with Crippen LogP contribution in [0, 0.1) is 28.6 Å². The Kier molecular flexibility index (Phi) is 6.87. The monoisotopic (exact) mass is 463 g/mol. The van der Waals surface area contributed by atoms with E-state index in [2.05, 4.69) is 17.2 Å². The molecule has 3 aromatic rings.